The molecule has 1 aromatic rings. The van der Waals surface area contributed by atoms with Crippen molar-refractivity contribution in [3.63, 3.8) is 0 Å². The minimum Gasteiger partial charge on any atom is -0.303 e. The molecule has 0 spiro atoms. The van der Waals surface area contributed by atoms with Crippen molar-refractivity contribution in [1.29, 1.82) is 0 Å². The van der Waals surface area contributed by atoms with Crippen LogP contribution < -0.4 is 0 Å². The summed E-state index contributed by atoms with van der Waals surface area (Å²) in [5.74, 6) is 0. The lowest BCUT2D eigenvalue weighted by atomic mass is 10.0. The van der Waals surface area contributed by atoms with Gasteiger partial charge in [0.05, 0.1) is 6.61 Å². The third-order valence-corrected chi connectivity index (χ3v) is 4.36. The van der Waals surface area contributed by atoms with Crippen molar-refractivity contribution in [2.24, 2.45) is 0 Å². The van der Waals surface area contributed by atoms with Crippen LogP contribution in [0.4, 0.5) is 0 Å². The van der Waals surface area contributed by atoms with Crippen molar-refractivity contribution >= 4 is 7.82 Å². The predicted octanol–water partition coefficient (Wildman–Crippen LogP) is 4.76. The Hall–Kier alpha value is -0.740. The number of phosphoric ester groups is 1. The largest absolute Gasteiger partial charge is 0.469 e. The zero-order valence-electron chi connectivity index (χ0n) is 14.1. The number of aryl methyl sites for hydroxylation is 1. The smallest absolute Gasteiger partial charge is 0.303 e. The summed E-state index contributed by atoms with van der Waals surface area (Å²) in [7, 11) is -4.43. The van der Waals surface area contributed by atoms with Crippen molar-refractivity contribution in [2.45, 2.75) is 77.7 Å². The Labute approximate surface area is 139 Å². The second kappa shape index (κ2) is 11.7. The first-order valence-electron chi connectivity index (χ1n) is 8.66. The molecule has 0 aliphatic carbocycles. The molecule has 1 rings (SSSR count). The molecule has 23 heavy (non-hydrogen) atoms. The molecule has 1 aromatic heterocycles. The highest BCUT2D eigenvalue weighted by Crippen LogP contribution is 2.37. The summed E-state index contributed by atoms with van der Waals surface area (Å²) < 4.78 is 15.4. The summed E-state index contributed by atoms with van der Waals surface area (Å²) in [5, 5.41) is 0. The monoisotopic (exact) mass is 343 g/mol. The lowest BCUT2D eigenvalue weighted by Gasteiger charge is -2.09. The average Bonchev–Trinajstić information content (AvgIpc) is 2.51. The fraction of sp³-hybridized carbons (Fsp3) is 0.706. The van der Waals surface area contributed by atoms with Gasteiger partial charge in [0.2, 0.25) is 0 Å². The first-order valence-corrected chi connectivity index (χ1v) is 10.2. The minimum atomic E-state index is -4.43. The molecule has 2 N–H and O–H groups in total. The fourth-order valence-corrected chi connectivity index (χ4v) is 2.89. The Kier molecular flexibility index (Phi) is 10.4. The summed E-state index contributed by atoms with van der Waals surface area (Å²) in [6.45, 7) is 2.14. The Morgan fingerprint density at radius 1 is 1.04 bits per heavy atom. The third kappa shape index (κ3) is 10.6. The van der Waals surface area contributed by atoms with E-state index in [0.29, 0.717) is 0 Å². The SMILES string of the molecule is CCCCCCCCCCCc1ncccc1COP(=O)(O)O. The molecule has 1 heterocycles. The molecular weight excluding hydrogens is 313 g/mol. The van der Waals surface area contributed by atoms with E-state index in [0.717, 1.165) is 24.1 Å². The van der Waals surface area contributed by atoms with Crippen LogP contribution in [-0.4, -0.2) is 14.8 Å². The topological polar surface area (TPSA) is 79.7 Å². The first kappa shape index (κ1) is 20.3. The molecular formula is C17H30NO4P. The summed E-state index contributed by atoms with van der Waals surface area (Å²) in [6, 6.07) is 3.57. The zero-order chi connectivity index (χ0) is 17.0. The van der Waals surface area contributed by atoms with E-state index in [2.05, 4.69) is 16.4 Å². The molecule has 0 aliphatic rings. The van der Waals surface area contributed by atoms with Crippen LogP contribution in [0.1, 0.15) is 76.0 Å². The number of aromatic nitrogens is 1. The van der Waals surface area contributed by atoms with E-state index in [1.54, 1.807) is 12.3 Å². The summed E-state index contributed by atoms with van der Waals surface area (Å²) in [5.41, 5.74) is 1.64. The maximum atomic E-state index is 10.8. The van der Waals surface area contributed by atoms with E-state index in [4.69, 9.17) is 9.79 Å². The number of hydrogen-bond acceptors (Lipinski definition) is 3. The molecule has 0 aromatic carbocycles. The molecule has 0 unspecified atom stereocenters. The number of nitrogens with zero attached hydrogens (tertiary/aromatic N) is 1. The van der Waals surface area contributed by atoms with Gasteiger partial charge in [-0.2, -0.15) is 0 Å². The molecule has 0 aliphatic heterocycles. The Morgan fingerprint density at radius 2 is 1.65 bits per heavy atom. The van der Waals surface area contributed by atoms with Crippen LogP contribution in [0, 0.1) is 0 Å². The van der Waals surface area contributed by atoms with Gasteiger partial charge in [-0.1, -0.05) is 64.4 Å². The molecule has 0 amide bonds. The van der Waals surface area contributed by atoms with Gasteiger partial charge in [0, 0.05) is 11.9 Å². The normalized spacial score (nSPS) is 11.8. The first-order chi connectivity index (χ1) is 11.0. The van der Waals surface area contributed by atoms with Crippen LogP contribution in [0.25, 0.3) is 0 Å². The van der Waals surface area contributed by atoms with Gasteiger partial charge in [-0.05, 0) is 24.5 Å². The molecule has 0 radical (unpaired) electrons. The quantitative estimate of drug-likeness (QED) is 0.398. The Morgan fingerprint density at radius 3 is 2.26 bits per heavy atom. The van der Waals surface area contributed by atoms with Crippen LogP contribution in [0.15, 0.2) is 18.3 Å². The maximum absolute atomic E-state index is 10.8. The molecule has 6 heteroatoms. The summed E-state index contributed by atoms with van der Waals surface area (Å²) in [6.07, 6.45) is 14.0. The van der Waals surface area contributed by atoms with Crippen LogP contribution in [0.2, 0.25) is 0 Å². The van der Waals surface area contributed by atoms with Crippen LogP contribution >= 0.6 is 7.82 Å². The lowest BCUT2D eigenvalue weighted by Crippen LogP contribution is -2.00. The van der Waals surface area contributed by atoms with Crippen molar-refractivity contribution in [1.82, 2.24) is 4.98 Å². The molecule has 0 saturated heterocycles. The summed E-state index contributed by atoms with van der Waals surface area (Å²) in [4.78, 5) is 21.9. The Bertz CT molecular complexity index is 475. The van der Waals surface area contributed by atoms with Crippen LogP contribution in [-0.2, 0) is 22.1 Å². The maximum Gasteiger partial charge on any atom is 0.469 e. The number of hydrogen-bond donors (Lipinski definition) is 2. The molecule has 132 valence electrons. The highest BCUT2D eigenvalue weighted by atomic mass is 31.2. The lowest BCUT2D eigenvalue weighted by molar-refractivity contribution is 0.188. The number of unbranched alkanes of at least 4 members (excludes halogenated alkanes) is 8. The predicted molar refractivity (Wildman–Crippen MR) is 92.0 cm³/mol. The van der Waals surface area contributed by atoms with Crippen LogP contribution in [0.3, 0.4) is 0 Å². The van der Waals surface area contributed by atoms with Gasteiger partial charge in [0.25, 0.3) is 0 Å². The molecule has 0 saturated carbocycles. The number of rotatable bonds is 13. The Balaban J connectivity index is 2.20. The third-order valence-electron chi connectivity index (χ3n) is 3.89. The van der Waals surface area contributed by atoms with Crippen molar-refractivity contribution in [3.8, 4) is 0 Å². The van der Waals surface area contributed by atoms with Crippen molar-refractivity contribution < 1.29 is 18.9 Å². The van der Waals surface area contributed by atoms with E-state index in [-0.39, 0.29) is 6.61 Å². The molecule has 0 bridgehead atoms. The second-order valence-corrected chi connectivity index (χ2v) is 7.19. The van der Waals surface area contributed by atoms with Crippen molar-refractivity contribution in [3.05, 3.63) is 29.6 Å². The van der Waals surface area contributed by atoms with Gasteiger partial charge in [0.15, 0.2) is 0 Å². The van der Waals surface area contributed by atoms with Gasteiger partial charge >= 0.3 is 7.82 Å². The van der Waals surface area contributed by atoms with Gasteiger partial charge in [-0.3, -0.25) is 9.51 Å². The standard InChI is InChI=1S/C17H30NO4P/c1-2-3-4-5-6-7-8-9-10-13-17-16(12-11-14-18-17)15-22-23(19,20)21/h11-12,14H,2-10,13,15H2,1H3,(H2,19,20,21). The molecule has 0 atom stereocenters. The van der Waals surface area contributed by atoms with Gasteiger partial charge in [-0.15, -0.1) is 0 Å². The molecule has 0 fully saturated rings. The highest BCUT2D eigenvalue weighted by Gasteiger charge is 2.15. The van der Waals surface area contributed by atoms with Gasteiger partial charge in [0.1, 0.15) is 0 Å². The molecule has 5 nitrogen and oxygen atoms in total. The zero-order valence-corrected chi connectivity index (χ0v) is 15.0. The van der Waals surface area contributed by atoms with E-state index >= 15 is 0 Å². The van der Waals surface area contributed by atoms with E-state index in [9.17, 15) is 4.57 Å². The number of phosphoric acid groups is 1. The van der Waals surface area contributed by atoms with E-state index in [1.807, 2.05) is 6.07 Å². The van der Waals surface area contributed by atoms with E-state index < -0.39 is 7.82 Å². The van der Waals surface area contributed by atoms with E-state index in [1.165, 1.54) is 51.4 Å². The highest BCUT2D eigenvalue weighted by molar-refractivity contribution is 7.46. The second-order valence-electron chi connectivity index (χ2n) is 5.95. The van der Waals surface area contributed by atoms with Gasteiger partial charge < -0.3 is 9.79 Å². The summed E-state index contributed by atoms with van der Waals surface area (Å²) >= 11 is 0. The average molecular weight is 343 g/mol. The van der Waals surface area contributed by atoms with Crippen molar-refractivity contribution in [2.75, 3.05) is 0 Å². The fourth-order valence-electron chi connectivity index (χ4n) is 2.58. The van der Waals surface area contributed by atoms with Crippen LogP contribution in [0.5, 0.6) is 0 Å². The van der Waals surface area contributed by atoms with Gasteiger partial charge in [-0.25, -0.2) is 4.57 Å². The number of pyridine rings is 1. The minimum absolute atomic E-state index is 0.0924.